The van der Waals surface area contributed by atoms with Crippen molar-refractivity contribution in [1.29, 1.82) is 0 Å². The van der Waals surface area contributed by atoms with Crippen LogP contribution in [0.2, 0.25) is 5.02 Å². The monoisotopic (exact) mass is 253 g/mol. The molecule has 0 saturated heterocycles. The highest BCUT2D eigenvalue weighted by atomic mass is 35.5. The van der Waals surface area contributed by atoms with Crippen LogP contribution in [0.15, 0.2) is 54.6 Å². The molecule has 18 heavy (non-hydrogen) atoms. The summed E-state index contributed by atoms with van der Waals surface area (Å²) in [6.07, 6.45) is 0. The van der Waals surface area contributed by atoms with Gasteiger partial charge in [-0.15, -0.1) is 0 Å². The number of rotatable bonds is 1. The van der Waals surface area contributed by atoms with Crippen molar-refractivity contribution >= 4 is 22.5 Å². The van der Waals surface area contributed by atoms with Crippen molar-refractivity contribution in [1.82, 2.24) is 4.98 Å². The third kappa shape index (κ3) is 2.09. The quantitative estimate of drug-likeness (QED) is 0.603. The second-order valence-electron chi connectivity index (χ2n) is 4.40. The minimum Gasteiger partial charge on any atom is -0.248 e. The molecule has 0 aliphatic heterocycles. The molecule has 1 heterocycles. The molecule has 3 rings (SSSR count). The highest BCUT2D eigenvalue weighted by molar-refractivity contribution is 6.30. The van der Waals surface area contributed by atoms with Gasteiger partial charge in [0.1, 0.15) is 0 Å². The maximum absolute atomic E-state index is 5.89. The van der Waals surface area contributed by atoms with Gasteiger partial charge in [-0.2, -0.15) is 0 Å². The lowest BCUT2D eigenvalue weighted by Crippen LogP contribution is -1.85. The average Bonchev–Trinajstić information content (AvgIpc) is 2.38. The molecule has 0 aliphatic carbocycles. The summed E-state index contributed by atoms with van der Waals surface area (Å²) in [6.45, 7) is 2.08. The first-order valence-electron chi connectivity index (χ1n) is 5.86. The van der Waals surface area contributed by atoms with Gasteiger partial charge in [0.25, 0.3) is 0 Å². The summed E-state index contributed by atoms with van der Waals surface area (Å²) in [5, 5.41) is 1.91. The molecule has 0 unspecified atom stereocenters. The van der Waals surface area contributed by atoms with Gasteiger partial charge in [-0.05, 0) is 36.8 Å². The van der Waals surface area contributed by atoms with Crippen LogP contribution in [0, 0.1) is 6.92 Å². The molecule has 0 radical (unpaired) electrons. The number of halogens is 1. The molecule has 88 valence electrons. The maximum Gasteiger partial charge on any atom is 0.0712 e. The Bertz CT molecular complexity index is 702. The Morgan fingerprint density at radius 1 is 0.889 bits per heavy atom. The first-order valence-corrected chi connectivity index (χ1v) is 6.23. The van der Waals surface area contributed by atoms with Gasteiger partial charge in [-0.3, -0.25) is 0 Å². The highest BCUT2D eigenvalue weighted by Crippen LogP contribution is 2.23. The molecule has 0 amide bonds. The van der Waals surface area contributed by atoms with Crippen molar-refractivity contribution < 1.29 is 0 Å². The molecule has 1 aromatic heterocycles. The average molecular weight is 254 g/mol. The molecule has 0 fully saturated rings. The fraction of sp³-hybridized carbons (Fsp3) is 0.0625. The zero-order chi connectivity index (χ0) is 12.5. The van der Waals surface area contributed by atoms with Crippen molar-refractivity contribution in [2.75, 3.05) is 0 Å². The lowest BCUT2D eigenvalue weighted by Gasteiger charge is -2.04. The Kier molecular flexibility index (Phi) is 2.77. The number of aromatic nitrogens is 1. The van der Waals surface area contributed by atoms with Crippen LogP contribution >= 0.6 is 11.6 Å². The van der Waals surface area contributed by atoms with Crippen molar-refractivity contribution in [2.24, 2.45) is 0 Å². The number of aryl methyl sites for hydroxylation is 1. The van der Waals surface area contributed by atoms with E-state index in [1.54, 1.807) is 0 Å². The van der Waals surface area contributed by atoms with E-state index >= 15 is 0 Å². The summed E-state index contributed by atoms with van der Waals surface area (Å²) in [4.78, 5) is 4.69. The molecule has 0 saturated carbocycles. The molecular formula is C16H12ClN. The summed E-state index contributed by atoms with van der Waals surface area (Å²) in [5.41, 5.74) is 4.32. The lowest BCUT2D eigenvalue weighted by atomic mass is 10.1. The van der Waals surface area contributed by atoms with Crippen molar-refractivity contribution in [3.63, 3.8) is 0 Å². The van der Waals surface area contributed by atoms with E-state index in [4.69, 9.17) is 16.6 Å². The summed E-state index contributed by atoms with van der Waals surface area (Å²) >= 11 is 5.89. The molecule has 0 spiro atoms. The third-order valence-electron chi connectivity index (χ3n) is 2.99. The molecule has 2 heteroatoms. The van der Waals surface area contributed by atoms with Crippen LogP contribution in [0.1, 0.15) is 5.56 Å². The van der Waals surface area contributed by atoms with Crippen molar-refractivity contribution in [3.8, 4) is 11.3 Å². The van der Waals surface area contributed by atoms with Gasteiger partial charge in [-0.1, -0.05) is 41.9 Å². The first-order chi connectivity index (χ1) is 8.72. The zero-order valence-corrected chi connectivity index (χ0v) is 10.8. The summed E-state index contributed by atoms with van der Waals surface area (Å²) in [7, 11) is 0. The van der Waals surface area contributed by atoms with E-state index in [0.717, 1.165) is 21.8 Å². The van der Waals surface area contributed by atoms with Gasteiger partial charge in [0.05, 0.1) is 11.2 Å². The SMILES string of the molecule is Cc1ccc2ccc(-c3ccc(Cl)cc3)nc2c1. The van der Waals surface area contributed by atoms with E-state index in [1.807, 2.05) is 30.3 Å². The maximum atomic E-state index is 5.89. The topological polar surface area (TPSA) is 12.9 Å². The van der Waals surface area contributed by atoms with E-state index in [-0.39, 0.29) is 0 Å². The highest BCUT2D eigenvalue weighted by Gasteiger charge is 2.01. The fourth-order valence-electron chi connectivity index (χ4n) is 2.01. The minimum absolute atomic E-state index is 0.746. The molecule has 0 aliphatic rings. The molecule has 2 aromatic carbocycles. The van der Waals surface area contributed by atoms with Gasteiger partial charge in [0.15, 0.2) is 0 Å². The van der Waals surface area contributed by atoms with Gasteiger partial charge in [0.2, 0.25) is 0 Å². The van der Waals surface area contributed by atoms with Crippen LogP contribution in [-0.2, 0) is 0 Å². The van der Waals surface area contributed by atoms with Crippen LogP contribution in [0.4, 0.5) is 0 Å². The van der Waals surface area contributed by atoms with Crippen LogP contribution in [-0.4, -0.2) is 4.98 Å². The molecule has 0 bridgehead atoms. The first kappa shape index (κ1) is 11.2. The number of hydrogen-bond donors (Lipinski definition) is 0. The van der Waals surface area contributed by atoms with Crippen LogP contribution in [0.5, 0.6) is 0 Å². The zero-order valence-electron chi connectivity index (χ0n) is 10.0. The van der Waals surface area contributed by atoms with E-state index < -0.39 is 0 Å². The predicted octanol–water partition coefficient (Wildman–Crippen LogP) is 4.86. The third-order valence-corrected chi connectivity index (χ3v) is 3.24. The minimum atomic E-state index is 0.746. The van der Waals surface area contributed by atoms with Gasteiger partial charge < -0.3 is 0 Å². The summed E-state index contributed by atoms with van der Waals surface area (Å²) in [5.74, 6) is 0. The van der Waals surface area contributed by atoms with Gasteiger partial charge in [-0.25, -0.2) is 4.98 Å². The van der Waals surface area contributed by atoms with E-state index in [0.29, 0.717) is 0 Å². The Morgan fingerprint density at radius 2 is 1.61 bits per heavy atom. The van der Waals surface area contributed by atoms with E-state index in [9.17, 15) is 0 Å². The fourth-order valence-corrected chi connectivity index (χ4v) is 2.13. The molecule has 3 aromatic rings. The summed E-state index contributed by atoms with van der Waals surface area (Å²) < 4.78 is 0. The Balaban J connectivity index is 2.15. The van der Waals surface area contributed by atoms with E-state index in [1.165, 1.54) is 10.9 Å². The Morgan fingerprint density at radius 3 is 2.39 bits per heavy atom. The van der Waals surface area contributed by atoms with E-state index in [2.05, 4.69) is 31.2 Å². The molecule has 0 atom stereocenters. The number of benzene rings is 2. The predicted molar refractivity (Wildman–Crippen MR) is 76.9 cm³/mol. The van der Waals surface area contributed by atoms with Crippen molar-refractivity contribution in [3.05, 3.63) is 65.2 Å². The number of hydrogen-bond acceptors (Lipinski definition) is 1. The second kappa shape index (κ2) is 4.43. The van der Waals surface area contributed by atoms with Crippen LogP contribution in [0.25, 0.3) is 22.2 Å². The summed E-state index contributed by atoms with van der Waals surface area (Å²) in [6, 6.07) is 18.2. The number of pyridine rings is 1. The van der Waals surface area contributed by atoms with Crippen LogP contribution in [0.3, 0.4) is 0 Å². The van der Waals surface area contributed by atoms with Gasteiger partial charge in [0, 0.05) is 16.0 Å². The van der Waals surface area contributed by atoms with Crippen molar-refractivity contribution in [2.45, 2.75) is 6.92 Å². The Hall–Kier alpha value is -1.86. The second-order valence-corrected chi connectivity index (χ2v) is 4.84. The largest absolute Gasteiger partial charge is 0.248 e. The smallest absolute Gasteiger partial charge is 0.0712 e. The standard InChI is InChI=1S/C16H12ClN/c1-11-2-3-13-6-9-15(18-16(13)10-11)12-4-7-14(17)8-5-12/h2-10H,1H3. The normalized spacial score (nSPS) is 10.8. The molecule has 0 N–H and O–H groups in total. The van der Waals surface area contributed by atoms with Crippen LogP contribution < -0.4 is 0 Å². The number of nitrogens with zero attached hydrogens (tertiary/aromatic N) is 1. The van der Waals surface area contributed by atoms with Gasteiger partial charge >= 0.3 is 0 Å². The lowest BCUT2D eigenvalue weighted by molar-refractivity contribution is 1.38. The number of fused-ring (bicyclic) bond motifs is 1. The molecular weight excluding hydrogens is 242 g/mol. The Labute approximate surface area is 111 Å². The molecule has 1 nitrogen and oxygen atoms in total.